The van der Waals surface area contributed by atoms with Crippen molar-refractivity contribution in [1.29, 1.82) is 0 Å². The van der Waals surface area contributed by atoms with E-state index in [9.17, 15) is 0 Å². The number of methoxy groups -OCH3 is 1. The topological polar surface area (TPSA) is 69.4 Å². The van der Waals surface area contributed by atoms with Gasteiger partial charge in [0.2, 0.25) is 5.88 Å². The van der Waals surface area contributed by atoms with Crippen molar-refractivity contribution < 1.29 is 9.47 Å². The molecule has 7 heteroatoms. The largest absolute Gasteiger partial charge is 0.473 e. The maximum Gasteiger partial charge on any atom is 0.234 e. The van der Waals surface area contributed by atoms with E-state index in [1.165, 1.54) is 0 Å². The average molecular weight is 306 g/mol. The highest BCUT2D eigenvalue weighted by molar-refractivity contribution is 6.36. The van der Waals surface area contributed by atoms with E-state index in [4.69, 9.17) is 38.5 Å². The molecule has 0 amide bonds. The van der Waals surface area contributed by atoms with Crippen molar-refractivity contribution >= 4 is 29.0 Å². The summed E-state index contributed by atoms with van der Waals surface area (Å²) >= 11 is 12.0. The van der Waals surface area contributed by atoms with Crippen LogP contribution < -0.4 is 16.0 Å². The molecule has 2 rings (SSSR count). The van der Waals surface area contributed by atoms with Gasteiger partial charge in [-0.2, -0.15) is 4.98 Å². The lowest BCUT2D eigenvalue weighted by atomic mass is 9.95. The summed E-state index contributed by atoms with van der Waals surface area (Å²) in [5, 5.41) is 0.738. The maximum atomic E-state index is 6.08. The van der Waals surface area contributed by atoms with Crippen LogP contribution in [0.15, 0.2) is 6.07 Å². The fourth-order valence-electron chi connectivity index (χ4n) is 2.21. The molecule has 19 heavy (non-hydrogen) atoms. The molecule has 0 aliphatic heterocycles. The van der Waals surface area contributed by atoms with Crippen molar-refractivity contribution in [2.75, 3.05) is 12.5 Å². The lowest BCUT2D eigenvalue weighted by Crippen LogP contribution is -2.29. The highest BCUT2D eigenvalue weighted by Crippen LogP contribution is 2.33. The van der Waals surface area contributed by atoms with Gasteiger partial charge in [0, 0.05) is 13.5 Å². The third-order valence-electron chi connectivity index (χ3n) is 3.22. The van der Waals surface area contributed by atoms with E-state index in [2.05, 4.69) is 10.4 Å². The molecule has 0 saturated heterocycles. The molecular formula is C12H17Cl2N3O2. The summed E-state index contributed by atoms with van der Waals surface area (Å²) in [7, 11) is 1.72. The van der Waals surface area contributed by atoms with Crippen LogP contribution in [-0.2, 0) is 4.74 Å². The Labute approximate surface area is 122 Å². The van der Waals surface area contributed by atoms with Gasteiger partial charge >= 0.3 is 0 Å². The molecule has 1 aliphatic rings. The smallest absolute Gasteiger partial charge is 0.234 e. The van der Waals surface area contributed by atoms with E-state index in [0.29, 0.717) is 21.7 Å². The Hall–Kier alpha value is -0.750. The molecule has 1 fully saturated rings. The molecular weight excluding hydrogens is 289 g/mol. The summed E-state index contributed by atoms with van der Waals surface area (Å²) in [5.41, 5.74) is 2.41. The lowest BCUT2D eigenvalue weighted by molar-refractivity contribution is 0.0196. The van der Waals surface area contributed by atoms with Gasteiger partial charge in [0.1, 0.15) is 11.1 Å². The van der Waals surface area contributed by atoms with Crippen molar-refractivity contribution in [2.45, 2.75) is 37.9 Å². The normalized spacial score (nSPS) is 23.2. The molecule has 1 aliphatic carbocycles. The molecule has 0 aromatic carbocycles. The second kappa shape index (κ2) is 6.61. The number of nitrogens with two attached hydrogens (primary N) is 1. The number of hydrogen-bond acceptors (Lipinski definition) is 5. The van der Waals surface area contributed by atoms with Crippen LogP contribution in [0, 0.1) is 0 Å². The van der Waals surface area contributed by atoms with E-state index in [1.807, 2.05) is 0 Å². The fraction of sp³-hybridized carbons (Fsp3) is 0.583. The number of rotatable bonds is 4. The lowest BCUT2D eigenvalue weighted by Gasteiger charge is -2.28. The second-order valence-corrected chi connectivity index (χ2v) is 5.33. The molecule has 1 saturated carbocycles. The minimum atomic E-state index is 0.0514. The first kappa shape index (κ1) is 14.7. The van der Waals surface area contributed by atoms with Gasteiger partial charge in [-0.15, -0.1) is 0 Å². The van der Waals surface area contributed by atoms with Crippen LogP contribution in [0.25, 0.3) is 0 Å². The third kappa shape index (κ3) is 3.63. The number of hydrazine groups is 1. The molecule has 2 unspecified atom stereocenters. The van der Waals surface area contributed by atoms with Crippen LogP contribution in [0.5, 0.6) is 5.88 Å². The van der Waals surface area contributed by atoms with Gasteiger partial charge < -0.3 is 14.9 Å². The van der Waals surface area contributed by atoms with Gasteiger partial charge in [-0.25, -0.2) is 5.84 Å². The van der Waals surface area contributed by atoms with Gasteiger partial charge in [-0.3, -0.25) is 0 Å². The Morgan fingerprint density at radius 2 is 2.05 bits per heavy atom. The Bertz CT molecular complexity index is 445. The molecule has 0 bridgehead atoms. The summed E-state index contributed by atoms with van der Waals surface area (Å²) < 4.78 is 11.2. The minimum absolute atomic E-state index is 0.0514. The first-order valence-corrected chi connectivity index (χ1v) is 6.91. The fourth-order valence-corrected chi connectivity index (χ4v) is 2.67. The molecule has 1 heterocycles. The predicted octanol–water partition coefficient (Wildman–Crippen LogP) is 3.01. The highest BCUT2D eigenvalue weighted by atomic mass is 35.5. The maximum absolute atomic E-state index is 6.08. The zero-order valence-electron chi connectivity index (χ0n) is 10.7. The van der Waals surface area contributed by atoms with Gasteiger partial charge in [0.05, 0.1) is 11.1 Å². The number of nitrogen functional groups attached to an aromatic ring is 1. The number of anilines is 1. The second-order valence-electron chi connectivity index (χ2n) is 4.51. The summed E-state index contributed by atoms with van der Waals surface area (Å²) in [5.74, 6) is 6.03. The molecule has 0 spiro atoms. The quantitative estimate of drug-likeness (QED) is 0.661. The van der Waals surface area contributed by atoms with Crippen molar-refractivity contribution in [2.24, 2.45) is 5.84 Å². The Kier molecular flexibility index (Phi) is 5.10. The van der Waals surface area contributed by atoms with Crippen molar-refractivity contribution in [1.82, 2.24) is 4.98 Å². The first-order chi connectivity index (χ1) is 9.13. The number of nitrogens with one attached hydrogen (secondary N) is 1. The Morgan fingerprint density at radius 1 is 1.32 bits per heavy atom. The monoisotopic (exact) mass is 305 g/mol. The predicted molar refractivity (Wildman–Crippen MR) is 75.7 cm³/mol. The molecule has 0 radical (unpaired) electrons. The van der Waals surface area contributed by atoms with Crippen LogP contribution in [0.1, 0.15) is 25.7 Å². The first-order valence-electron chi connectivity index (χ1n) is 6.16. The van der Waals surface area contributed by atoms with Crippen LogP contribution in [0.3, 0.4) is 0 Å². The number of pyridine rings is 1. The molecule has 5 nitrogen and oxygen atoms in total. The third-order valence-corrected chi connectivity index (χ3v) is 3.78. The van der Waals surface area contributed by atoms with Gasteiger partial charge in [0.25, 0.3) is 0 Å². The van der Waals surface area contributed by atoms with Gasteiger partial charge in [-0.1, -0.05) is 23.2 Å². The van der Waals surface area contributed by atoms with Crippen LogP contribution in [-0.4, -0.2) is 24.3 Å². The van der Waals surface area contributed by atoms with E-state index in [0.717, 1.165) is 25.7 Å². The van der Waals surface area contributed by atoms with E-state index in [1.54, 1.807) is 13.2 Å². The number of hydrogen-bond donors (Lipinski definition) is 2. The zero-order chi connectivity index (χ0) is 13.8. The Morgan fingerprint density at radius 3 is 2.74 bits per heavy atom. The van der Waals surface area contributed by atoms with E-state index < -0.39 is 0 Å². The molecule has 1 aromatic rings. The van der Waals surface area contributed by atoms with Crippen LogP contribution in [0.4, 0.5) is 5.82 Å². The zero-order valence-corrected chi connectivity index (χ0v) is 12.2. The number of nitrogens with zero attached hydrogens (tertiary/aromatic N) is 1. The van der Waals surface area contributed by atoms with Crippen molar-refractivity contribution in [3.63, 3.8) is 0 Å². The van der Waals surface area contributed by atoms with Crippen molar-refractivity contribution in [3.8, 4) is 5.88 Å². The molecule has 1 aromatic heterocycles. The summed E-state index contributed by atoms with van der Waals surface area (Å²) in [6.45, 7) is 0. The summed E-state index contributed by atoms with van der Waals surface area (Å²) in [6, 6.07) is 1.57. The molecule has 2 atom stereocenters. The van der Waals surface area contributed by atoms with Gasteiger partial charge in [-0.05, 0) is 25.3 Å². The SMILES string of the molecule is COC1CCCC(Oc2nc(NN)c(Cl)cc2Cl)C1. The Balaban J connectivity index is 2.10. The summed E-state index contributed by atoms with van der Waals surface area (Å²) in [6.07, 6.45) is 4.21. The summed E-state index contributed by atoms with van der Waals surface area (Å²) in [4.78, 5) is 4.17. The van der Waals surface area contributed by atoms with Gasteiger partial charge in [0.15, 0.2) is 5.82 Å². The molecule has 3 N–H and O–H groups in total. The standard InChI is InChI=1S/C12H17Cl2N3O2/c1-18-7-3-2-4-8(5-7)19-12-10(14)6-9(13)11(16-12)17-15/h6-8H,2-5,15H2,1H3,(H,16,17). The van der Waals surface area contributed by atoms with E-state index in [-0.39, 0.29) is 12.2 Å². The number of aromatic nitrogens is 1. The molecule has 106 valence electrons. The number of halogens is 2. The van der Waals surface area contributed by atoms with Crippen LogP contribution in [0.2, 0.25) is 10.0 Å². The van der Waals surface area contributed by atoms with E-state index >= 15 is 0 Å². The highest BCUT2D eigenvalue weighted by Gasteiger charge is 2.24. The van der Waals surface area contributed by atoms with Crippen LogP contribution >= 0.6 is 23.2 Å². The van der Waals surface area contributed by atoms with Crippen molar-refractivity contribution in [3.05, 3.63) is 16.1 Å². The minimum Gasteiger partial charge on any atom is -0.473 e. The number of ether oxygens (including phenoxy) is 2. The average Bonchev–Trinajstić information content (AvgIpc) is 2.42.